The van der Waals surface area contributed by atoms with E-state index in [4.69, 9.17) is 11.5 Å². The van der Waals surface area contributed by atoms with Crippen molar-refractivity contribution in [3.8, 4) is 0 Å². The standard InChI is InChI=1S/C14H21N7O2/c1-14(23)6-20(10(22)2-4-15)5-3-9(14)21-8-19-11-12(16)17-7-18-13(11)21/h7-9,23H,2-6,15H2,1H3,(H2,16,17,18)/t9-,14-/m1/s1. The number of imidazole rings is 1. The molecule has 0 radical (unpaired) electrons. The number of hydrogen-bond donors (Lipinski definition) is 3. The number of hydrogen-bond acceptors (Lipinski definition) is 7. The van der Waals surface area contributed by atoms with Crippen LogP contribution >= 0.6 is 0 Å². The molecule has 124 valence electrons. The zero-order chi connectivity index (χ0) is 16.6. The SMILES string of the molecule is C[C@@]1(O)CN(C(=O)CCN)CC[C@H]1n1cnc2c(N)ncnc21. The van der Waals surface area contributed by atoms with Crippen molar-refractivity contribution in [2.45, 2.75) is 31.4 Å². The van der Waals surface area contributed by atoms with Gasteiger partial charge in [0, 0.05) is 19.5 Å². The van der Waals surface area contributed by atoms with E-state index in [1.165, 1.54) is 6.33 Å². The third kappa shape index (κ3) is 2.73. The lowest BCUT2D eigenvalue weighted by Crippen LogP contribution is -2.54. The third-order valence-corrected chi connectivity index (χ3v) is 4.34. The molecule has 9 heteroatoms. The number of rotatable bonds is 3. The normalized spacial score (nSPS) is 25.0. The van der Waals surface area contributed by atoms with Crippen molar-refractivity contribution in [3.63, 3.8) is 0 Å². The van der Waals surface area contributed by atoms with Crippen molar-refractivity contribution in [2.75, 3.05) is 25.4 Å². The van der Waals surface area contributed by atoms with Crippen LogP contribution in [0.5, 0.6) is 0 Å². The van der Waals surface area contributed by atoms with Gasteiger partial charge in [0.25, 0.3) is 0 Å². The molecule has 2 aromatic heterocycles. The Morgan fingerprint density at radius 2 is 2.26 bits per heavy atom. The number of nitrogens with two attached hydrogens (primary N) is 2. The number of carbonyl (C=O) groups excluding carboxylic acids is 1. The second kappa shape index (κ2) is 5.74. The van der Waals surface area contributed by atoms with Gasteiger partial charge in [-0.25, -0.2) is 15.0 Å². The van der Waals surface area contributed by atoms with Crippen LogP contribution in [0.3, 0.4) is 0 Å². The van der Waals surface area contributed by atoms with Gasteiger partial charge in [-0.05, 0) is 13.3 Å². The fraction of sp³-hybridized carbons (Fsp3) is 0.571. The highest BCUT2D eigenvalue weighted by Gasteiger charge is 2.41. The van der Waals surface area contributed by atoms with Crippen LogP contribution in [0, 0.1) is 0 Å². The summed E-state index contributed by atoms with van der Waals surface area (Å²) in [6.45, 7) is 2.83. The molecule has 3 heterocycles. The van der Waals surface area contributed by atoms with Crippen LogP contribution in [0.2, 0.25) is 0 Å². The Bertz CT molecular complexity index is 727. The first-order valence-electron chi connectivity index (χ1n) is 7.57. The van der Waals surface area contributed by atoms with Crippen LogP contribution in [-0.4, -0.2) is 60.7 Å². The number of likely N-dealkylation sites (tertiary alicyclic amines) is 1. The number of β-amino-alcohol motifs (C(OH)–C–C–N with tert-alkyl or cyclic N) is 1. The molecule has 0 spiro atoms. The van der Waals surface area contributed by atoms with E-state index in [0.717, 1.165) is 0 Å². The summed E-state index contributed by atoms with van der Waals surface area (Å²) >= 11 is 0. The molecule has 1 amide bonds. The van der Waals surface area contributed by atoms with Crippen LogP contribution in [0.15, 0.2) is 12.7 Å². The zero-order valence-electron chi connectivity index (χ0n) is 13.0. The highest BCUT2D eigenvalue weighted by Crippen LogP contribution is 2.34. The fourth-order valence-corrected chi connectivity index (χ4v) is 3.19. The zero-order valence-corrected chi connectivity index (χ0v) is 13.0. The number of piperidine rings is 1. The second-order valence-electron chi connectivity index (χ2n) is 6.10. The topological polar surface area (TPSA) is 136 Å². The molecule has 0 aliphatic carbocycles. The molecule has 1 aliphatic rings. The number of aliphatic hydroxyl groups is 1. The maximum atomic E-state index is 12.0. The van der Waals surface area contributed by atoms with E-state index in [1.807, 2.05) is 4.57 Å². The van der Waals surface area contributed by atoms with Gasteiger partial charge in [-0.3, -0.25) is 4.79 Å². The number of nitrogen functional groups attached to an aromatic ring is 1. The van der Waals surface area contributed by atoms with Crippen LogP contribution in [0.25, 0.3) is 11.2 Å². The van der Waals surface area contributed by atoms with Crippen LogP contribution < -0.4 is 11.5 Å². The van der Waals surface area contributed by atoms with Gasteiger partial charge in [-0.2, -0.15) is 0 Å². The molecule has 0 aromatic carbocycles. The van der Waals surface area contributed by atoms with E-state index < -0.39 is 5.60 Å². The molecule has 1 fully saturated rings. The Kier molecular flexibility index (Phi) is 3.90. The van der Waals surface area contributed by atoms with Crippen molar-refractivity contribution in [2.24, 2.45) is 5.73 Å². The van der Waals surface area contributed by atoms with Gasteiger partial charge in [0.15, 0.2) is 11.5 Å². The van der Waals surface area contributed by atoms with Crippen molar-refractivity contribution < 1.29 is 9.90 Å². The van der Waals surface area contributed by atoms with Gasteiger partial charge < -0.3 is 26.0 Å². The Hall–Kier alpha value is -2.26. The summed E-state index contributed by atoms with van der Waals surface area (Å²) in [7, 11) is 0. The summed E-state index contributed by atoms with van der Waals surface area (Å²) in [4.78, 5) is 26.1. The molecule has 9 nitrogen and oxygen atoms in total. The number of aromatic nitrogens is 4. The number of amides is 1. The maximum absolute atomic E-state index is 12.0. The molecule has 1 saturated heterocycles. The molecular weight excluding hydrogens is 298 g/mol. The third-order valence-electron chi connectivity index (χ3n) is 4.34. The number of nitrogens with zero attached hydrogens (tertiary/aromatic N) is 5. The molecule has 2 atom stereocenters. The number of fused-ring (bicyclic) bond motifs is 1. The molecule has 5 N–H and O–H groups in total. The summed E-state index contributed by atoms with van der Waals surface area (Å²) in [6.07, 6.45) is 3.88. The lowest BCUT2D eigenvalue weighted by atomic mass is 9.88. The predicted octanol–water partition coefficient (Wildman–Crippen LogP) is -0.718. The van der Waals surface area contributed by atoms with Crippen LogP contribution in [-0.2, 0) is 4.79 Å². The molecule has 23 heavy (non-hydrogen) atoms. The van der Waals surface area contributed by atoms with Gasteiger partial charge in [0.05, 0.1) is 18.9 Å². The lowest BCUT2D eigenvalue weighted by Gasteiger charge is -2.43. The molecule has 1 aliphatic heterocycles. The monoisotopic (exact) mass is 319 g/mol. The first kappa shape index (κ1) is 15.6. The quantitative estimate of drug-likeness (QED) is 0.679. The molecule has 2 aromatic rings. The van der Waals surface area contributed by atoms with Crippen molar-refractivity contribution in [3.05, 3.63) is 12.7 Å². The van der Waals surface area contributed by atoms with Gasteiger partial charge in [0.2, 0.25) is 5.91 Å². The van der Waals surface area contributed by atoms with Gasteiger partial charge >= 0.3 is 0 Å². The Morgan fingerprint density at radius 1 is 1.48 bits per heavy atom. The van der Waals surface area contributed by atoms with Gasteiger partial charge in [0.1, 0.15) is 17.4 Å². The van der Waals surface area contributed by atoms with Crippen molar-refractivity contribution >= 4 is 22.9 Å². The average molecular weight is 319 g/mol. The molecule has 3 rings (SSSR count). The van der Waals surface area contributed by atoms with E-state index in [9.17, 15) is 9.90 Å². The van der Waals surface area contributed by atoms with Crippen molar-refractivity contribution in [1.29, 1.82) is 0 Å². The molecule has 0 bridgehead atoms. The van der Waals surface area contributed by atoms with E-state index in [-0.39, 0.29) is 18.5 Å². The maximum Gasteiger partial charge on any atom is 0.223 e. The van der Waals surface area contributed by atoms with Crippen molar-refractivity contribution in [1.82, 2.24) is 24.4 Å². The van der Waals surface area contributed by atoms with Gasteiger partial charge in [-0.15, -0.1) is 0 Å². The second-order valence-corrected chi connectivity index (χ2v) is 6.10. The predicted molar refractivity (Wildman–Crippen MR) is 84.3 cm³/mol. The minimum absolute atomic E-state index is 0.0340. The van der Waals surface area contributed by atoms with E-state index in [2.05, 4.69) is 15.0 Å². The van der Waals surface area contributed by atoms with E-state index in [0.29, 0.717) is 42.9 Å². The number of carbonyl (C=O) groups is 1. The Labute approximate surface area is 133 Å². The molecule has 0 unspecified atom stereocenters. The molecular formula is C14H21N7O2. The number of anilines is 1. The first-order chi connectivity index (χ1) is 10.9. The molecule has 0 saturated carbocycles. The lowest BCUT2D eigenvalue weighted by molar-refractivity contribution is -0.140. The van der Waals surface area contributed by atoms with E-state index >= 15 is 0 Å². The highest BCUT2D eigenvalue weighted by atomic mass is 16.3. The van der Waals surface area contributed by atoms with E-state index in [1.54, 1.807) is 18.2 Å². The Morgan fingerprint density at radius 3 is 2.96 bits per heavy atom. The fourth-order valence-electron chi connectivity index (χ4n) is 3.19. The largest absolute Gasteiger partial charge is 0.386 e. The van der Waals surface area contributed by atoms with Crippen LogP contribution in [0.4, 0.5) is 5.82 Å². The smallest absolute Gasteiger partial charge is 0.223 e. The summed E-state index contributed by atoms with van der Waals surface area (Å²) < 4.78 is 1.82. The summed E-state index contributed by atoms with van der Waals surface area (Å²) in [5.41, 5.74) is 11.2. The highest BCUT2D eigenvalue weighted by molar-refractivity contribution is 5.81. The van der Waals surface area contributed by atoms with Gasteiger partial charge in [-0.1, -0.05) is 0 Å². The summed E-state index contributed by atoms with van der Waals surface area (Å²) in [6, 6.07) is -0.247. The average Bonchev–Trinajstić information content (AvgIpc) is 2.91. The summed E-state index contributed by atoms with van der Waals surface area (Å²) in [5.74, 6) is 0.275. The Balaban J connectivity index is 1.89. The summed E-state index contributed by atoms with van der Waals surface area (Å²) in [5, 5.41) is 10.9. The van der Waals surface area contributed by atoms with Crippen LogP contribution in [0.1, 0.15) is 25.8 Å². The minimum atomic E-state index is -1.10. The first-order valence-corrected chi connectivity index (χ1v) is 7.57. The minimum Gasteiger partial charge on any atom is -0.386 e.